The number of hydrogen-bond acceptors (Lipinski definition) is 4. The molecule has 0 aliphatic rings. The van der Waals surface area contributed by atoms with E-state index in [4.69, 9.17) is 15.5 Å². The second-order valence-corrected chi connectivity index (χ2v) is 7.39. The Bertz CT molecular complexity index is 523. The molecule has 2 atom stereocenters. The summed E-state index contributed by atoms with van der Waals surface area (Å²) in [6, 6.07) is 9.49. The molecule has 0 bridgehead atoms. The van der Waals surface area contributed by atoms with Crippen molar-refractivity contribution >= 4 is 20.9 Å². The molecule has 6 nitrogen and oxygen atoms in total. The van der Waals surface area contributed by atoms with Gasteiger partial charge >= 0.3 is 15.2 Å². The van der Waals surface area contributed by atoms with Gasteiger partial charge in [-0.1, -0.05) is 37.4 Å². The monoisotopic (exact) mass is 305 g/mol. The van der Waals surface area contributed by atoms with Gasteiger partial charge in [0.1, 0.15) is 0 Å². The van der Waals surface area contributed by atoms with Gasteiger partial charge in [-0.2, -0.15) is 0 Å². The highest BCUT2D eigenvalue weighted by molar-refractivity contribution is 7.68. The summed E-state index contributed by atoms with van der Waals surface area (Å²) in [5.41, 5.74) is 6.18. The van der Waals surface area contributed by atoms with E-state index in [2.05, 4.69) is 17.5 Å². The Labute approximate surface area is 112 Å². The lowest BCUT2D eigenvalue weighted by molar-refractivity contribution is 0.343. The van der Waals surface area contributed by atoms with E-state index in [0.717, 1.165) is 18.4 Å². The topological polar surface area (TPSA) is 110 Å². The SMILES string of the molecule is C=CC(=C)P(=O)(O)OP(C)(=O)O.Nc1ccccc1. The maximum absolute atomic E-state index is 11.0. The number of allylic oxidation sites excluding steroid dienone is 2. The molecule has 1 aromatic carbocycles. The van der Waals surface area contributed by atoms with Crippen LogP contribution in [-0.2, 0) is 13.4 Å². The van der Waals surface area contributed by atoms with Gasteiger partial charge < -0.3 is 15.5 Å². The van der Waals surface area contributed by atoms with E-state index in [1.165, 1.54) is 0 Å². The molecular weight excluding hydrogens is 288 g/mol. The van der Waals surface area contributed by atoms with Crippen LogP contribution in [0, 0.1) is 0 Å². The molecule has 106 valence electrons. The molecule has 4 N–H and O–H groups in total. The highest BCUT2D eigenvalue weighted by Crippen LogP contribution is 2.61. The van der Waals surface area contributed by atoms with Crippen molar-refractivity contribution in [2.75, 3.05) is 12.4 Å². The summed E-state index contributed by atoms with van der Waals surface area (Å²) in [5, 5.41) is -0.307. The maximum atomic E-state index is 11.0. The second kappa shape index (κ2) is 7.43. The maximum Gasteiger partial charge on any atom is 0.365 e. The van der Waals surface area contributed by atoms with Gasteiger partial charge in [-0.05, 0) is 12.1 Å². The van der Waals surface area contributed by atoms with Crippen LogP contribution in [0.3, 0.4) is 0 Å². The first-order valence-electron chi connectivity index (χ1n) is 5.05. The molecular formula is C11H17NO5P2. The lowest BCUT2D eigenvalue weighted by atomic mass is 10.3. The largest absolute Gasteiger partial charge is 0.399 e. The first-order chi connectivity index (χ1) is 8.58. The summed E-state index contributed by atoms with van der Waals surface area (Å²) in [5.74, 6) is 0. The van der Waals surface area contributed by atoms with Crippen molar-refractivity contribution in [3.63, 3.8) is 0 Å². The first kappa shape index (κ1) is 17.8. The molecule has 0 heterocycles. The Morgan fingerprint density at radius 2 is 1.79 bits per heavy atom. The van der Waals surface area contributed by atoms with Crippen molar-refractivity contribution in [3.8, 4) is 0 Å². The molecule has 8 heteroatoms. The van der Waals surface area contributed by atoms with Gasteiger partial charge in [-0.25, -0.2) is 4.31 Å². The van der Waals surface area contributed by atoms with Gasteiger partial charge in [-0.15, -0.1) is 0 Å². The molecule has 0 spiro atoms. The molecule has 0 radical (unpaired) electrons. The summed E-state index contributed by atoms with van der Waals surface area (Å²) in [6.07, 6.45) is 0.996. The van der Waals surface area contributed by atoms with Crippen LogP contribution in [0.5, 0.6) is 0 Å². The zero-order valence-electron chi connectivity index (χ0n) is 10.5. The fourth-order valence-electron chi connectivity index (χ4n) is 0.826. The van der Waals surface area contributed by atoms with Crippen molar-refractivity contribution in [3.05, 3.63) is 54.9 Å². The molecule has 0 saturated heterocycles. The predicted molar refractivity (Wildman–Crippen MR) is 76.9 cm³/mol. The fourth-order valence-corrected chi connectivity index (χ4v) is 3.12. The summed E-state index contributed by atoms with van der Waals surface area (Å²) in [7, 11) is -8.21. The Morgan fingerprint density at radius 1 is 1.32 bits per heavy atom. The van der Waals surface area contributed by atoms with Gasteiger partial charge in [0.2, 0.25) is 0 Å². The molecule has 0 amide bonds. The van der Waals surface area contributed by atoms with E-state index < -0.39 is 15.2 Å². The van der Waals surface area contributed by atoms with Crippen LogP contribution in [0.15, 0.2) is 54.9 Å². The zero-order chi connectivity index (χ0) is 15.1. The van der Waals surface area contributed by atoms with Gasteiger partial charge in [0.25, 0.3) is 0 Å². The minimum Gasteiger partial charge on any atom is -0.399 e. The van der Waals surface area contributed by atoms with Crippen molar-refractivity contribution in [2.45, 2.75) is 0 Å². The summed E-state index contributed by atoms with van der Waals surface area (Å²) < 4.78 is 25.6. The minimum absolute atomic E-state index is 0.307. The summed E-state index contributed by atoms with van der Waals surface area (Å²) in [4.78, 5) is 17.6. The molecule has 2 unspecified atom stereocenters. The van der Waals surface area contributed by atoms with Gasteiger partial charge in [-0.3, -0.25) is 9.13 Å². The number of rotatable bonds is 4. The van der Waals surface area contributed by atoms with E-state index in [1.807, 2.05) is 30.3 Å². The lowest BCUT2D eigenvalue weighted by Gasteiger charge is -2.13. The smallest absolute Gasteiger partial charge is 0.365 e. The number of hydrogen-bond donors (Lipinski definition) is 3. The van der Waals surface area contributed by atoms with Crippen LogP contribution in [0.1, 0.15) is 0 Å². The quantitative estimate of drug-likeness (QED) is 0.448. The molecule has 19 heavy (non-hydrogen) atoms. The van der Waals surface area contributed by atoms with E-state index in [1.54, 1.807) is 0 Å². The molecule has 0 aromatic heterocycles. The van der Waals surface area contributed by atoms with Gasteiger partial charge in [0.15, 0.2) is 0 Å². The third-order valence-corrected chi connectivity index (χ3v) is 4.67. The van der Waals surface area contributed by atoms with Crippen molar-refractivity contribution in [1.29, 1.82) is 0 Å². The van der Waals surface area contributed by atoms with E-state index in [0.29, 0.717) is 0 Å². The average molecular weight is 305 g/mol. The number of nitrogens with two attached hydrogens (primary N) is 1. The molecule has 0 aliphatic heterocycles. The summed E-state index contributed by atoms with van der Waals surface area (Å²) in [6.45, 7) is 7.13. The highest BCUT2D eigenvalue weighted by Gasteiger charge is 2.29. The Hall–Kier alpha value is -1.16. The van der Waals surface area contributed by atoms with Crippen molar-refractivity contribution in [1.82, 2.24) is 0 Å². The molecule has 1 aromatic rings. The lowest BCUT2D eigenvalue weighted by Crippen LogP contribution is -1.87. The van der Waals surface area contributed by atoms with Crippen LogP contribution >= 0.6 is 15.2 Å². The predicted octanol–water partition coefficient (Wildman–Crippen LogP) is 2.97. The number of benzene rings is 1. The standard InChI is InChI=1S/C6H7N.C5H10O5P2/c7-6-4-2-1-3-5-6;1-4-5(2)12(8,9)10-11(3,6)7/h1-5H,7H2;4H,1-2H2,3H3,(H,6,7)(H,8,9). The fraction of sp³-hybridized carbons (Fsp3) is 0.0909. The Morgan fingerprint density at radius 3 is 2.05 bits per heavy atom. The minimum atomic E-state index is -4.23. The third-order valence-electron chi connectivity index (χ3n) is 1.66. The Balaban J connectivity index is 0.000000388. The number of nitrogen functional groups attached to an aromatic ring is 1. The van der Waals surface area contributed by atoms with E-state index in [-0.39, 0.29) is 5.31 Å². The van der Waals surface area contributed by atoms with E-state index >= 15 is 0 Å². The normalized spacial score (nSPS) is 16.2. The zero-order valence-corrected chi connectivity index (χ0v) is 12.3. The van der Waals surface area contributed by atoms with Crippen LogP contribution in [0.25, 0.3) is 0 Å². The molecule has 1 rings (SSSR count). The van der Waals surface area contributed by atoms with Gasteiger partial charge in [0, 0.05) is 12.4 Å². The van der Waals surface area contributed by atoms with Crippen LogP contribution in [-0.4, -0.2) is 16.5 Å². The van der Waals surface area contributed by atoms with E-state index in [9.17, 15) is 9.13 Å². The number of para-hydroxylation sites is 1. The number of anilines is 1. The highest BCUT2D eigenvalue weighted by atomic mass is 31.3. The molecule has 0 fully saturated rings. The first-order valence-corrected chi connectivity index (χ1v) is 8.65. The van der Waals surface area contributed by atoms with Crippen LogP contribution in [0.2, 0.25) is 0 Å². The Kier molecular flexibility index (Phi) is 6.98. The van der Waals surface area contributed by atoms with Crippen LogP contribution in [0.4, 0.5) is 5.69 Å². The molecule has 0 saturated carbocycles. The average Bonchev–Trinajstić information content (AvgIpc) is 2.26. The van der Waals surface area contributed by atoms with Crippen molar-refractivity contribution in [2.24, 2.45) is 0 Å². The van der Waals surface area contributed by atoms with Gasteiger partial charge in [0.05, 0.1) is 5.31 Å². The van der Waals surface area contributed by atoms with Crippen molar-refractivity contribution < 1.29 is 23.2 Å². The molecule has 0 aliphatic carbocycles. The summed E-state index contributed by atoms with van der Waals surface area (Å²) >= 11 is 0. The van der Waals surface area contributed by atoms with Crippen LogP contribution < -0.4 is 5.73 Å². The third kappa shape index (κ3) is 8.54. The second-order valence-electron chi connectivity index (χ2n) is 3.51.